The Morgan fingerprint density at radius 1 is 1.75 bits per heavy atom. The molecule has 0 saturated heterocycles. The van der Waals surface area contributed by atoms with Crippen molar-refractivity contribution in [2.24, 2.45) is 0 Å². The number of hydrogen-bond acceptors (Lipinski definition) is 0. The molecule has 0 unspecified atom stereocenters. The van der Waals surface area contributed by atoms with Crippen molar-refractivity contribution in [1.29, 1.82) is 0 Å². The van der Waals surface area contributed by atoms with E-state index in [-0.39, 0.29) is 27.3 Å². The zero-order chi connectivity index (χ0) is 5.28. The molecule has 1 aromatic rings. The average Bonchev–Trinajstić information content (AvgIpc) is 1.87. The van der Waals surface area contributed by atoms with Gasteiger partial charge in [0.05, 0.1) is 0 Å². The van der Waals surface area contributed by atoms with Crippen LogP contribution < -0.4 is 0 Å². The molecule has 0 aliphatic carbocycles. The summed E-state index contributed by atoms with van der Waals surface area (Å²) in [7, 11) is 1.41. The van der Waals surface area contributed by atoms with E-state index in [0.717, 1.165) is 0 Å². The standard InChI is InChI=1S/C6H8P.Sc.H/c1-5-3-4-6(2)7-5;;/h3-4H,1-2H3;;/q-1;;-1. The maximum atomic E-state index is 2.16. The van der Waals surface area contributed by atoms with Crippen LogP contribution in [0.1, 0.15) is 12.0 Å². The molecule has 0 saturated carbocycles. The molecule has 43 valence electrons. The molecule has 1 radical (unpaired) electrons. The second-order valence-corrected chi connectivity index (χ2v) is 3.36. The van der Waals surface area contributed by atoms with Crippen molar-refractivity contribution in [3.8, 4) is 0 Å². The Bertz CT molecular complexity index is 145. The molecule has 1 aromatic heterocycles. The van der Waals surface area contributed by atoms with Crippen LogP contribution in [-0.2, 0) is 25.8 Å². The molecule has 0 amide bonds. The minimum absolute atomic E-state index is 0. The predicted molar refractivity (Wildman–Crippen MR) is 35.1 cm³/mol. The van der Waals surface area contributed by atoms with E-state index >= 15 is 0 Å². The molecule has 0 atom stereocenters. The van der Waals surface area contributed by atoms with Gasteiger partial charge < -0.3 is 1.43 Å². The molecule has 0 nitrogen and oxygen atoms in total. The molecule has 8 heavy (non-hydrogen) atoms. The summed E-state index contributed by atoms with van der Waals surface area (Å²) in [6.45, 7) is 4.29. The third kappa shape index (κ3) is 2.28. The number of hydrogen-bond donors (Lipinski definition) is 0. The van der Waals surface area contributed by atoms with Crippen molar-refractivity contribution in [2.45, 2.75) is 13.8 Å². The summed E-state index contributed by atoms with van der Waals surface area (Å²) < 4.78 is 0. The van der Waals surface area contributed by atoms with Crippen molar-refractivity contribution in [2.75, 3.05) is 0 Å². The summed E-state index contributed by atoms with van der Waals surface area (Å²) in [5.41, 5.74) is 0. The van der Waals surface area contributed by atoms with Crippen LogP contribution in [0, 0.1) is 13.8 Å². The Balaban J connectivity index is 0. The molecule has 0 fully saturated rings. The summed E-state index contributed by atoms with van der Waals surface area (Å²) >= 11 is 0. The van der Waals surface area contributed by atoms with E-state index in [4.69, 9.17) is 0 Å². The van der Waals surface area contributed by atoms with Crippen molar-refractivity contribution in [3.63, 3.8) is 0 Å². The van der Waals surface area contributed by atoms with Crippen LogP contribution in [0.15, 0.2) is 12.1 Å². The van der Waals surface area contributed by atoms with Gasteiger partial charge in [-0.1, -0.05) is 13.8 Å². The van der Waals surface area contributed by atoms with Crippen molar-refractivity contribution < 1.29 is 27.3 Å². The second-order valence-electron chi connectivity index (χ2n) is 1.73. The molecule has 1 heterocycles. The van der Waals surface area contributed by atoms with Crippen molar-refractivity contribution >= 4 is 8.19 Å². The molecule has 1 rings (SSSR count). The summed E-state index contributed by atoms with van der Waals surface area (Å²) in [5, 5.41) is 2.91. The van der Waals surface area contributed by atoms with Gasteiger partial charge in [0, 0.05) is 25.8 Å². The summed E-state index contributed by atoms with van der Waals surface area (Å²) in [4.78, 5) is 0. The molecule has 0 spiro atoms. The van der Waals surface area contributed by atoms with Gasteiger partial charge in [0.1, 0.15) is 0 Å². The quantitative estimate of drug-likeness (QED) is 0.508. The largest absolute Gasteiger partial charge is 1.00 e. The molecule has 0 aliphatic rings. The van der Waals surface area contributed by atoms with E-state index in [1.165, 1.54) is 18.8 Å². The van der Waals surface area contributed by atoms with Gasteiger partial charge in [-0.05, 0) is 0 Å². The maximum Gasteiger partial charge on any atom is 0 e. The van der Waals surface area contributed by atoms with Crippen LogP contribution in [0.2, 0.25) is 0 Å². The van der Waals surface area contributed by atoms with E-state index in [9.17, 15) is 0 Å². The van der Waals surface area contributed by atoms with Gasteiger partial charge in [0.2, 0.25) is 0 Å². The molecule has 0 aliphatic heterocycles. The Labute approximate surface area is 72.0 Å². The number of rotatable bonds is 0. The first-order valence-electron chi connectivity index (χ1n) is 2.36. The first-order valence-corrected chi connectivity index (χ1v) is 3.25. The van der Waals surface area contributed by atoms with Gasteiger partial charge in [-0.25, -0.2) is 14.3 Å². The Kier molecular flexibility index (Phi) is 3.93. The zero-order valence-electron chi connectivity index (χ0n) is 6.18. The van der Waals surface area contributed by atoms with Crippen LogP contribution in [0.5, 0.6) is 0 Å². The van der Waals surface area contributed by atoms with E-state index in [1.807, 2.05) is 0 Å². The van der Waals surface area contributed by atoms with Crippen LogP contribution in [0.4, 0.5) is 0 Å². The molecule has 0 N–H and O–H groups in total. The predicted octanol–water partition coefficient (Wildman–Crippen LogP) is 2.71. The minimum Gasteiger partial charge on any atom is -1.00 e. The smallest absolute Gasteiger partial charge is 0 e. The molecular formula is C6H9PSc-2. The average molecular weight is 157 g/mol. The SMILES string of the molecule is Cc1cc[c-](C)p1.[H-].[Sc]. The monoisotopic (exact) mass is 157 g/mol. The van der Waals surface area contributed by atoms with E-state index in [2.05, 4.69) is 26.0 Å². The van der Waals surface area contributed by atoms with Gasteiger partial charge in [-0.15, -0.1) is 5.30 Å². The maximum absolute atomic E-state index is 2.16. The van der Waals surface area contributed by atoms with Crippen LogP contribution in [0.3, 0.4) is 0 Å². The van der Waals surface area contributed by atoms with Gasteiger partial charge in [0.25, 0.3) is 0 Å². The topological polar surface area (TPSA) is 0 Å². The second kappa shape index (κ2) is 3.63. The van der Waals surface area contributed by atoms with Gasteiger partial charge in [-0.2, -0.15) is 11.4 Å². The fourth-order valence-corrected chi connectivity index (χ4v) is 1.45. The van der Waals surface area contributed by atoms with E-state index < -0.39 is 0 Å². The molecular weight excluding hydrogens is 148 g/mol. The van der Waals surface area contributed by atoms with Crippen molar-refractivity contribution in [3.05, 3.63) is 22.7 Å². The molecule has 2 heteroatoms. The summed E-state index contributed by atoms with van der Waals surface area (Å²) in [5.74, 6) is 0. The number of aryl methyl sites for hydroxylation is 2. The summed E-state index contributed by atoms with van der Waals surface area (Å²) in [6, 6.07) is 4.33. The molecule has 0 bridgehead atoms. The summed E-state index contributed by atoms with van der Waals surface area (Å²) in [6.07, 6.45) is 0. The van der Waals surface area contributed by atoms with Crippen LogP contribution in [0.25, 0.3) is 0 Å². The normalized spacial score (nSPS) is 9.25. The Morgan fingerprint density at radius 3 is 2.50 bits per heavy atom. The van der Waals surface area contributed by atoms with Gasteiger partial charge in [-0.3, -0.25) is 0 Å². The fraction of sp³-hybridized carbons (Fsp3) is 0.333. The van der Waals surface area contributed by atoms with Crippen LogP contribution >= 0.6 is 8.19 Å². The van der Waals surface area contributed by atoms with Crippen molar-refractivity contribution in [1.82, 2.24) is 0 Å². The van der Waals surface area contributed by atoms with E-state index in [1.54, 1.807) is 0 Å². The Hall–Kier alpha value is 0.650. The van der Waals surface area contributed by atoms with Crippen LogP contribution in [-0.4, -0.2) is 0 Å². The van der Waals surface area contributed by atoms with Gasteiger partial charge in [0.15, 0.2) is 0 Å². The fourth-order valence-electron chi connectivity index (χ4n) is 0.594. The van der Waals surface area contributed by atoms with E-state index in [0.29, 0.717) is 0 Å². The third-order valence-corrected chi connectivity index (χ3v) is 1.92. The zero-order valence-corrected chi connectivity index (χ0v) is 7.88. The Morgan fingerprint density at radius 2 is 2.38 bits per heavy atom. The third-order valence-electron chi connectivity index (χ3n) is 0.918. The minimum atomic E-state index is 0. The molecule has 0 aromatic carbocycles. The first kappa shape index (κ1) is 8.65. The van der Waals surface area contributed by atoms with Gasteiger partial charge >= 0.3 is 0 Å². The first-order chi connectivity index (χ1) is 3.29.